The van der Waals surface area contributed by atoms with E-state index in [1.807, 2.05) is 7.05 Å². The Bertz CT molecular complexity index is 859. The van der Waals surface area contributed by atoms with Gasteiger partial charge in [-0.3, -0.25) is 0 Å². The van der Waals surface area contributed by atoms with Crippen molar-refractivity contribution in [3.8, 4) is 5.75 Å². The van der Waals surface area contributed by atoms with Crippen molar-refractivity contribution in [1.29, 1.82) is 0 Å². The van der Waals surface area contributed by atoms with E-state index in [0.717, 1.165) is 10.5 Å². The summed E-state index contributed by atoms with van der Waals surface area (Å²) in [7, 11) is -0.302. The number of benzene rings is 2. The first-order chi connectivity index (χ1) is 11.7. The summed E-state index contributed by atoms with van der Waals surface area (Å²) in [5, 5.41) is 0.469. The molecule has 0 saturated carbocycles. The lowest BCUT2D eigenvalue weighted by atomic mass is 10.2. The SMILES string of the molecule is COc1ccc(C[NH+](C)CCS(=O)(=O)c2cc(Cl)ccc2Cl)cc1F. The summed E-state index contributed by atoms with van der Waals surface area (Å²) in [6, 6.07) is 9.07. The number of nitrogens with one attached hydrogen (secondary N) is 1. The van der Waals surface area contributed by atoms with Crippen LogP contribution in [0.25, 0.3) is 0 Å². The van der Waals surface area contributed by atoms with Gasteiger partial charge < -0.3 is 9.64 Å². The molecule has 0 aliphatic rings. The molecule has 0 saturated heterocycles. The van der Waals surface area contributed by atoms with E-state index in [0.29, 0.717) is 18.1 Å². The number of hydrogen-bond acceptors (Lipinski definition) is 3. The summed E-state index contributed by atoms with van der Waals surface area (Å²) >= 11 is 11.8. The van der Waals surface area contributed by atoms with Crippen LogP contribution in [0.2, 0.25) is 10.0 Å². The Balaban J connectivity index is 2.02. The second-order valence-electron chi connectivity index (χ2n) is 5.75. The van der Waals surface area contributed by atoms with Gasteiger partial charge in [-0.1, -0.05) is 23.2 Å². The average Bonchev–Trinajstić information content (AvgIpc) is 2.55. The maximum atomic E-state index is 13.7. The van der Waals surface area contributed by atoms with Crippen LogP contribution >= 0.6 is 23.2 Å². The molecule has 2 aromatic carbocycles. The Labute approximate surface area is 157 Å². The quantitative estimate of drug-likeness (QED) is 0.768. The molecule has 0 aliphatic carbocycles. The smallest absolute Gasteiger partial charge is 0.185 e. The molecule has 0 heterocycles. The highest BCUT2D eigenvalue weighted by Gasteiger charge is 2.21. The van der Waals surface area contributed by atoms with E-state index < -0.39 is 15.7 Å². The van der Waals surface area contributed by atoms with Crippen molar-refractivity contribution in [3.63, 3.8) is 0 Å². The zero-order valence-electron chi connectivity index (χ0n) is 13.9. The van der Waals surface area contributed by atoms with E-state index >= 15 is 0 Å². The summed E-state index contributed by atoms with van der Waals surface area (Å²) < 4.78 is 43.5. The molecule has 1 unspecified atom stereocenters. The third kappa shape index (κ3) is 5.31. The van der Waals surface area contributed by atoms with Crippen LogP contribution in [0.1, 0.15) is 5.56 Å². The van der Waals surface area contributed by atoms with Crippen LogP contribution in [0.5, 0.6) is 5.75 Å². The molecular formula is C17H19Cl2FNO3S+. The monoisotopic (exact) mass is 406 g/mol. The molecule has 4 nitrogen and oxygen atoms in total. The fourth-order valence-corrected chi connectivity index (χ4v) is 4.61. The Kier molecular flexibility index (Phi) is 6.68. The first-order valence-electron chi connectivity index (χ1n) is 7.54. The van der Waals surface area contributed by atoms with Gasteiger partial charge >= 0.3 is 0 Å². The summed E-state index contributed by atoms with van der Waals surface area (Å²) in [6.45, 7) is 0.832. The van der Waals surface area contributed by atoms with Crippen molar-refractivity contribution in [2.45, 2.75) is 11.4 Å². The van der Waals surface area contributed by atoms with E-state index in [-0.39, 0.29) is 21.4 Å². The van der Waals surface area contributed by atoms with Crippen molar-refractivity contribution >= 4 is 33.0 Å². The third-order valence-electron chi connectivity index (χ3n) is 3.75. The second-order valence-corrected chi connectivity index (χ2v) is 8.67. The summed E-state index contributed by atoms with van der Waals surface area (Å²) in [5.74, 6) is -0.344. The number of ether oxygens (including phenoxy) is 1. The van der Waals surface area contributed by atoms with Crippen LogP contribution < -0.4 is 9.64 Å². The molecule has 2 rings (SSSR count). The van der Waals surface area contributed by atoms with Gasteiger partial charge in [-0.2, -0.15) is 0 Å². The van der Waals surface area contributed by atoms with Crippen molar-refractivity contribution in [1.82, 2.24) is 0 Å². The molecule has 0 amide bonds. The maximum absolute atomic E-state index is 13.7. The van der Waals surface area contributed by atoms with E-state index in [2.05, 4.69) is 0 Å². The normalized spacial score (nSPS) is 12.8. The third-order valence-corrected chi connectivity index (χ3v) is 6.17. The first-order valence-corrected chi connectivity index (χ1v) is 9.95. The van der Waals surface area contributed by atoms with Gasteiger partial charge in [0.15, 0.2) is 21.4 Å². The highest BCUT2D eigenvalue weighted by atomic mass is 35.5. The highest BCUT2D eigenvalue weighted by molar-refractivity contribution is 7.91. The number of sulfone groups is 1. The van der Waals surface area contributed by atoms with Crippen LogP contribution in [-0.4, -0.2) is 34.9 Å². The number of quaternary nitrogens is 1. The number of methoxy groups -OCH3 is 1. The molecule has 25 heavy (non-hydrogen) atoms. The molecule has 136 valence electrons. The van der Waals surface area contributed by atoms with Crippen molar-refractivity contribution in [2.75, 3.05) is 26.5 Å². The Morgan fingerprint density at radius 3 is 2.52 bits per heavy atom. The molecule has 0 radical (unpaired) electrons. The molecule has 1 atom stereocenters. The first kappa shape index (κ1) is 20.0. The number of rotatable bonds is 7. The van der Waals surface area contributed by atoms with Gasteiger partial charge in [-0.25, -0.2) is 12.8 Å². The fraction of sp³-hybridized carbons (Fsp3) is 0.294. The van der Waals surface area contributed by atoms with Gasteiger partial charge in [0.05, 0.1) is 30.6 Å². The van der Waals surface area contributed by atoms with Crippen LogP contribution in [0, 0.1) is 5.82 Å². The average molecular weight is 407 g/mol. The Hall–Kier alpha value is -1.34. The minimum absolute atomic E-state index is 0.0324. The highest BCUT2D eigenvalue weighted by Crippen LogP contribution is 2.25. The molecule has 0 fully saturated rings. The lowest BCUT2D eigenvalue weighted by Crippen LogP contribution is -3.08. The molecule has 8 heteroatoms. The van der Waals surface area contributed by atoms with Crippen LogP contribution in [0.4, 0.5) is 4.39 Å². The molecule has 1 N–H and O–H groups in total. The standard InChI is InChI=1S/C17H18Cl2FNO3S/c1-21(11-12-3-6-16(24-2)15(20)9-12)7-8-25(22,23)17-10-13(18)4-5-14(17)19/h3-6,9-10H,7-8,11H2,1-2H3/p+1. The van der Waals surface area contributed by atoms with Crippen LogP contribution in [0.3, 0.4) is 0 Å². The Morgan fingerprint density at radius 1 is 1.16 bits per heavy atom. The molecule has 0 aliphatic heterocycles. The number of hydrogen-bond donors (Lipinski definition) is 1. The lowest BCUT2D eigenvalue weighted by molar-refractivity contribution is -0.891. The van der Waals surface area contributed by atoms with E-state index in [9.17, 15) is 12.8 Å². The van der Waals surface area contributed by atoms with Crippen molar-refractivity contribution in [2.24, 2.45) is 0 Å². The zero-order chi connectivity index (χ0) is 18.6. The van der Waals surface area contributed by atoms with Gasteiger partial charge in [-0.05, 0) is 36.4 Å². The summed E-state index contributed by atoms with van der Waals surface area (Å²) in [4.78, 5) is 0.955. The zero-order valence-corrected chi connectivity index (χ0v) is 16.2. The predicted molar refractivity (Wildman–Crippen MR) is 96.9 cm³/mol. The topological polar surface area (TPSA) is 47.8 Å². The van der Waals surface area contributed by atoms with Gasteiger partial charge in [0.2, 0.25) is 0 Å². The van der Waals surface area contributed by atoms with Gasteiger partial charge in [0.25, 0.3) is 0 Å². The van der Waals surface area contributed by atoms with Gasteiger partial charge in [0, 0.05) is 10.6 Å². The van der Waals surface area contributed by atoms with E-state index in [1.54, 1.807) is 18.2 Å². The van der Waals surface area contributed by atoms with E-state index in [4.69, 9.17) is 27.9 Å². The molecule has 2 aromatic rings. The van der Waals surface area contributed by atoms with Crippen molar-refractivity contribution in [3.05, 3.63) is 57.8 Å². The van der Waals surface area contributed by atoms with E-state index in [1.165, 1.54) is 25.3 Å². The predicted octanol–water partition coefficient (Wildman–Crippen LogP) is 2.63. The second kappa shape index (κ2) is 8.36. The summed E-state index contributed by atoms with van der Waals surface area (Å²) in [6.07, 6.45) is 0. The summed E-state index contributed by atoms with van der Waals surface area (Å²) in [5.41, 5.74) is 0.758. The largest absolute Gasteiger partial charge is 0.494 e. The van der Waals surface area contributed by atoms with Gasteiger partial charge in [0.1, 0.15) is 12.3 Å². The van der Waals surface area contributed by atoms with Gasteiger partial charge in [-0.15, -0.1) is 0 Å². The van der Waals surface area contributed by atoms with Crippen LogP contribution in [-0.2, 0) is 16.4 Å². The minimum atomic E-state index is -3.55. The minimum Gasteiger partial charge on any atom is -0.494 e. The Morgan fingerprint density at radius 2 is 1.88 bits per heavy atom. The lowest BCUT2D eigenvalue weighted by Gasteiger charge is -2.15. The fourth-order valence-electron chi connectivity index (χ4n) is 2.39. The maximum Gasteiger partial charge on any atom is 0.185 e. The molecule has 0 spiro atoms. The number of halogens is 3. The van der Waals surface area contributed by atoms with Crippen molar-refractivity contribution < 1.29 is 22.4 Å². The molecule has 0 aromatic heterocycles. The molecule has 0 bridgehead atoms. The molecular weight excluding hydrogens is 388 g/mol. The van der Waals surface area contributed by atoms with Crippen LogP contribution in [0.15, 0.2) is 41.3 Å².